The van der Waals surface area contributed by atoms with Crippen LogP contribution in [0.15, 0.2) is 5.38 Å². The van der Waals surface area contributed by atoms with Crippen molar-refractivity contribution >= 4 is 28.3 Å². The number of nitrogens with one attached hydrogen (secondary N) is 1. The first-order chi connectivity index (χ1) is 9.40. The van der Waals surface area contributed by atoms with Gasteiger partial charge in [-0.05, 0) is 25.7 Å². The largest absolute Gasteiger partial charge is 0.331 e. The Morgan fingerprint density at radius 3 is 2.55 bits per heavy atom. The van der Waals surface area contributed by atoms with Gasteiger partial charge in [0.25, 0.3) is 5.91 Å². The van der Waals surface area contributed by atoms with Crippen LogP contribution in [0.2, 0.25) is 0 Å². The van der Waals surface area contributed by atoms with Crippen LogP contribution in [-0.4, -0.2) is 33.8 Å². The van der Waals surface area contributed by atoms with Crippen molar-refractivity contribution in [1.29, 1.82) is 0 Å². The standard InChI is InChI=1S/C14H21N3O2S/c1-8(2)9(3)17(11-5-6-11)13(19)12-7-20-14(16-12)15-10(4)18/h7-9,11H,5-6H2,1-4H3,(H,15,16,18)/t9-/m0/s1. The molecule has 1 heterocycles. The minimum atomic E-state index is -0.173. The highest BCUT2D eigenvalue weighted by Gasteiger charge is 2.37. The zero-order valence-electron chi connectivity index (χ0n) is 12.3. The van der Waals surface area contributed by atoms with Crippen LogP contribution < -0.4 is 5.32 Å². The Kier molecular flexibility index (Phi) is 4.42. The Bertz CT molecular complexity index is 508. The van der Waals surface area contributed by atoms with E-state index in [0.29, 0.717) is 22.8 Å². The molecule has 2 rings (SSSR count). The van der Waals surface area contributed by atoms with Gasteiger partial charge in [-0.15, -0.1) is 11.3 Å². The van der Waals surface area contributed by atoms with Gasteiger partial charge in [0.15, 0.2) is 5.13 Å². The van der Waals surface area contributed by atoms with Crippen molar-refractivity contribution in [3.05, 3.63) is 11.1 Å². The predicted octanol–water partition coefficient (Wildman–Crippen LogP) is 2.75. The van der Waals surface area contributed by atoms with Crippen molar-refractivity contribution in [1.82, 2.24) is 9.88 Å². The Morgan fingerprint density at radius 2 is 2.05 bits per heavy atom. The molecule has 6 heteroatoms. The lowest BCUT2D eigenvalue weighted by Gasteiger charge is -2.31. The van der Waals surface area contributed by atoms with Crippen LogP contribution in [0.4, 0.5) is 5.13 Å². The van der Waals surface area contributed by atoms with E-state index in [-0.39, 0.29) is 17.9 Å². The molecule has 5 nitrogen and oxygen atoms in total. The quantitative estimate of drug-likeness (QED) is 0.908. The number of rotatable bonds is 5. The number of carbonyl (C=O) groups is 2. The van der Waals surface area contributed by atoms with Gasteiger partial charge in [0.1, 0.15) is 5.69 Å². The number of anilines is 1. The molecule has 0 bridgehead atoms. The second-order valence-corrected chi connectivity index (χ2v) is 6.51. The molecule has 0 unspecified atom stereocenters. The zero-order valence-corrected chi connectivity index (χ0v) is 13.2. The predicted molar refractivity (Wildman–Crippen MR) is 79.9 cm³/mol. The van der Waals surface area contributed by atoms with Crippen molar-refractivity contribution in [2.24, 2.45) is 5.92 Å². The summed E-state index contributed by atoms with van der Waals surface area (Å²) in [5.41, 5.74) is 0.429. The summed E-state index contributed by atoms with van der Waals surface area (Å²) in [7, 11) is 0. The van der Waals surface area contributed by atoms with E-state index in [1.165, 1.54) is 18.3 Å². The van der Waals surface area contributed by atoms with Gasteiger partial charge < -0.3 is 10.2 Å². The fourth-order valence-corrected chi connectivity index (χ4v) is 2.80. The summed E-state index contributed by atoms with van der Waals surface area (Å²) >= 11 is 1.29. The molecule has 1 aromatic heterocycles. The Balaban J connectivity index is 2.15. The maximum absolute atomic E-state index is 12.6. The van der Waals surface area contributed by atoms with Crippen molar-refractivity contribution in [3.8, 4) is 0 Å². The number of aromatic nitrogens is 1. The van der Waals surface area contributed by atoms with Crippen LogP contribution in [0.5, 0.6) is 0 Å². The van der Waals surface area contributed by atoms with Gasteiger partial charge in [-0.2, -0.15) is 0 Å². The van der Waals surface area contributed by atoms with E-state index in [1.54, 1.807) is 5.38 Å². The van der Waals surface area contributed by atoms with E-state index >= 15 is 0 Å². The lowest BCUT2D eigenvalue weighted by Crippen LogP contribution is -2.43. The number of hydrogen-bond acceptors (Lipinski definition) is 4. The summed E-state index contributed by atoms with van der Waals surface area (Å²) in [4.78, 5) is 29.8. The molecule has 20 heavy (non-hydrogen) atoms. The van der Waals surface area contributed by atoms with Crippen molar-refractivity contribution in [2.75, 3.05) is 5.32 Å². The van der Waals surface area contributed by atoms with E-state index in [9.17, 15) is 9.59 Å². The molecule has 1 aromatic rings. The Labute approximate surface area is 123 Å². The molecule has 1 aliphatic carbocycles. The first kappa shape index (κ1) is 15.0. The molecule has 0 saturated heterocycles. The van der Waals surface area contributed by atoms with Gasteiger partial charge in [-0.3, -0.25) is 9.59 Å². The smallest absolute Gasteiger partial charge is 0.273 e. The van der Waals surface area contributed by atoms with Crippen LogP contribution in [0.1, 0.15) is 51.0 Å². The molecular formula is C14H21N3O2S. The number of hydrogen-bond donors (Lipinski definition) is 1. The van der Waals surface area contributed by atoms with Crippen LogP contribution in [0, 0.1) is 5.92 Å². The molecule has 1 N–H and O–H groups in total. The fraction of sp³-hybridized carbons (Fsp3) is 0.643. The molecular weight excluding hydrogens is 274 g/mol. The second-order valence-electron chi connectivity index (χ2n) is 5.65. The first-order valence-electron chi connectivity index (χ1n) is 6.96. The SMILES string of the molecule is CC(=O)Nc1nc(C(=O)N(C2CC2)[C@@H](C)C(C)C)cs1. The molecule has 1 saturated carbocycles. The highest BCUT2D eigenvalue weighted by molar-refractivity contribution is 7.14. The summed E-state index contributed by atoms with van der Waals surface area (Å²) in [6.07, 6.45) is 2.15. The molecule has 0 spiro atoms. The second kappa shape index (κ2) is 5.91. The topological polar surface area (TPSA) is 62.3 Å². The summed E-state index contributed by atoms with van der Waals surface area (Å²) in [5, 5.41) is 4.81. The zero-order chi connectivity index (χ0) is 14.9. The molecule has 1 fully saturated rings. The van der Waals surface area contributed by atoms with E-state index in [2.05, 4.69) is 31.1 Å². The molecule has 1 atom stereocenters. The van der Waals surface area contributed by atoms with Gasteiger partial charge in [0, 0.05) is 24.4 Å². The third kappa shape index (κ3) is 3.36. The average molecular weight is 295 g/mol. The van der Waals surface area contributed by atoms with Crippen LogP contribution >= 0.6 is 11.3 Å². The first-order valence-corrected chi connectivity index (χ1v) is 7.84. The summed E-state index contributed by atoms with van der Waals surface area (Å²) in [6.45, 7) is 7.76. The van der Waals surface area contributed by atoms with Crippen molar-refractivity contribution in [2.45, 2.75) is 52.6 Å². The van der Waals surface area contributed by atoms with Crippen molar-refractivity contribution < 1.29 is 9.59 Å². The summed E-state index contributed by atoms with van der Waals surface area (Å²) in [5.74, 6) is 0.211. The van der Waals surface area contributed by atoms with Gasteiger partial charge >= 0.3 is 0 Å². The fourth-order valence-electron chi connectivity index (χ4n) is 2.07. The molecule has 110 valence electrons. The van der Waals surface area contributed by atoms with Crippen LogP contribution in [-0.2, 0) is 4.79 Å². The van der Waals surface area contributed by atoms with E-state index in [0.717, 1.165) is 12.8 Å². The third-order valence-electron chi connectivity index (χ3n) is 3.58. The van der Waals surface area contributed by atoms with Gasteiger partial charge in [0.2, 0.25) is 5.91 Å². The summed E-state index contributed by atoms with van der Waals surface area (Å²) < 4.78 is 0. The number of nitrogens with zero attached hydrogens (tertiary/aromatic N) is 2. The van der Waals surface area contributed by atoms with Gasteiger partial charge in [-0.1, -0.05) is 13.8 Å². The van der Waals surface area contributed by atoms with E-state index < -0.39 is 0 Å². The van der Waals surface area contributed by atoms with E-state index in [1.807, 2.05) is 4.90 Å². The normalized spacial score (nSPS) is 16.1. The third-order valence-corrected chi connectivity index (χ3v) is 4.34. The van der Waals surface area contributed by atoms with E-state index in [4.69, 9.17) is 0 Å². The van der Waals surface area contributed by atoms with Crippen molar-refractivity contribution in [3.63, 3.8) is 0 Å². The highest BCUT2D eigenvalue weighted by Crippen LogP contribution is 2.32. The van der Waals surface area contributed by atoms with Crippen LogP contribution in [0.25, 0.3) is 0 Å². The minimum absolute atomic E-state index is 0.0263. The molecule has 0 radical (unpaired) electrons. The van der Waals surface area contributed by atoms with Crippen LogP contribution in [0.3, 0.4) is 0 Å². The monoisotopic (exact) mass is 295 g/mol. The molecule has 0 aliphatic heterocycles. The number of thiazole rings is 1. The lowest BCUT2D eigenvalue weighted by atomic mass is 10.0. The highest BCUT2D eigenvalue weighted by atomic mass is 32.1. The Hall–Kier alpha value is -1.43. The Morgan fingerprint density at radius 1 is 1.40 bits per heavy atom. The van der Waals surface area contributed by atoms with Gasteiger partial charge in [0.05, 0.1) is 0 Å². The maximum Gasteiger partial charge on any atom is 0.273 e. The minimum Gasteiger partial charge on any atom is -0.331 e. The molecule has 1 aliphatic rings. The maximum atomic E-state index is 12.6. The molecule has 0 aromatic carbocycles. The molecule has 2 amide bonds. The summed E-state index contributed by atoms with van der Waals surface area (Å²) in [6, 6.07) is 0.548. The average Bonchev–Trinajstić information content (AvgIpc) is 3.08. The lowest BCUT2D eigenvalue weighted by molar-refractivity contribution is -0.114. The van der Waals surface area contributed by atoms with Gasteiger partial charge in [-0.25, -0.2) is 4.98 Å². The number of amides is 2. The number of carbonyl (C=O) groups excluding carboxylic acids is 2.